The monoisotopic (exact) mass is 244 g/mol. The molecule has 1 aliphatic heterocycles. The summed E-state index contributed by atoms with van der Waals surface area (Å²) in [4.78, 5) is 0. The maximum atomic E-state index is 2.46. The molecule has 0 spiro atoms. The molecule has 13 heavy (non-hydrogen) atoms. The molecular formula is C12H26Ge. The van der Waals surface area contributed by atoms with E-state index in [1.165, 1.54) is 25.7 Å². The van der Waals surface area contributed by atoms with Crippen LogP contribution in [-0.4, -0.2) is 13.3 Å². The topological polar surface area (TPSA) is 0 Å². The molecule has 0 amide bonds. The van der Waals surface area contributed by atoms with Crippen molar-refractivity contribution in [1.29, 1.82) is 0 Å². The Morgan fingerprint density at radius 3 is 1.77 bits per heavy atom. The molecule has 1 heterocycles. The van der Waals surface area contributed by atoms with Crippen molar-refractivity contribution in [3.63, 3.8) is 0 Å². The Bertz CT molecular complexity index is 126. The minimum absolute atomic E-state index is 1.11. The van der Waals surface area contributed by atoms with Crippen LogP contribution in [0.4, 0.5) is 0 Å². The van der Waals surface area contributed by atoms with Crippen molar-refractivity contribution >= 4 is 13.3 Å². The Labute approximate surface area is 86.9 Å². The van der Waals surface area contributed by atoms with Crippen LogP contribution in [0.2, 0.25) is 21.0 Å². The molecule has 1 rings (SSSR count). The second kappa shape index (κ2) is 5.43. The second-order valence-corrected chi connectivity index (χ2v) is 15.3. The van der Waals surface area contributed by atoms with Gasteiger partial charge in [-0.2, -0.15) is 0 Å². The first-order valence-electron chi connectivity index (χ1n) is 6.22. The van der Waals surface area contributed by atoms with Crippen molar-refractivity contribution in [2.45, 2.75) is 67.5 Å². The van der Waals surface area contributed by atoms with Crippen molar-refractivity contribution in [3.8, 4) is 0 Å². The Morgan fingerprint density at radius 2 is 1.46 bits per heavy atom. The minimum atomic E-state index is -1.15. The summed E-state index contributed by atoms with van der Waals surface area (Å²) in [7, 11) is 0. The summed E-state index contributed by atoms with van der Waals surface area (Å²) in [5, 5.41) is 6.81. The third kappa shape index (κ3) is 3.30. The van der Waals surface area contributed by atoms with E-state index in [0.717, 1.165) is 5.92 Å². The summed E-state index contributed by atoms with van der Waals surface area (Å²) in [5.74, 6) is 1.11. The van der Waals surface area contributed by atoms with Gasteiger partial charge in [0.15, 0.2) is 0 Å². The van der Waals surface area contributed by atoms with Crippen molar-refractivity contribution < 1.29 is 0 Å². The number of hydrogen-bond donors (Lipinski definition) is 0. The van der Waals surface area contributed by atoms with E-state index in [-0.39, 0.29) is 0 Å². The van der Waals surface area contributed by atoms with Crippen LogP contribution in [0.15, 0.2) is 0 Å². The molecule has 0 radical (unpaired) electrons. The van der Waals surface area contributed by atoms with E-state index in [9.17, 15) is 0 Å². The average Bonchev–Trinajstić information content (AvgIpc) is 2.08. The van der Waals surface area contributed by atoms with Gasteiger partial charge in [0.1, 0.15) is 0 Å². The molecule has 0 aromatic rings. The fourth-order valence-electron chi connectivity index (χ4n) is 3.06. The molecule has 1 aliphatic rings. The molecule has 78 valence electrons. The van der Waals surface area contributed by atoms with Crippen LogP contribution in [0, 0.1) is 5.92 Å². The molecule has 0 atom stereocenters. The summed E-state index contributed by atoms with van der Waals surface area (Å²) in [6.45, 7) is 7.15. The standard InChI is InChI=1S/C12H26Ge/c1-4-6-8-13(9-7-5-2)10-12(3)11-13/h12H,4-11H2,1-3H3. The molecule has 0 nitrogen and oxygen atoms in total. The molecule has 1 fully saturated rings. The molecule has 0 aromatic carbocycles. The zero-order valence-corrected chi connectivity index (χ0v) is 11.8. The molecule has 0 aliphatic carbocycles. The molecular weight excluding hydrogens is 217 g/mol. The van der Waals surface area contributed by atoms with Gasteiger partial charge in [0.05, 0.1) is 0 Å². The van der Waals surface area contributed by atoms with Crippen LogP contribution in [0.25, 0.3) is 0 Å². The van der Waals surface area contributed by atoms with Crippen molar-refractivity contribution in [2.24, 2.45) is 5.92 Å². The normalized spacial score (nSPS) is 21.5. The second-order valence-electron chi connectivity index (χ2n) is 5.22. The van der Waals surface area contributed by atoms with E-state index in [0.29, 0.717) is 0 Å². The SMILES string of the molecule is CCC[CH2][Ge]1([CH2]CCC)[CH2]C(C)[CH2]1. The van der Waals surface area contributed by atoms with E-state index >= 15 is 0 Å². The zero-order chi connectivity index (χ0) is 9.73. The van der Waals surface area contributed by atoms with Crippen LogP contribution < -0.4 is 0 Å². The quantitative estimate of drug-likeness (QED) is 0.593. The van der Waals surface area contributed by atoms with Gasteiger partial charge in [-0.1, -0.05) is 0 Å². The van der Waals surface area contributed by atoms with Crippen LogP contribution in [0.3, 0.4) is 0 Å². The van der Waals surface area contributed by atoms with E-state index in [2.05, 4.69) is 20.8 Å². The van der Waals surface area contributed by atoms with Gasteiger partial charge in [-0.15, -0.1) is 0 Å². The molecule has 0 saturated carbocycles. The number of hydrogen-bond acceptors (Lipinski definition) is 0. The van der Waals surface area contributed by atoms with Crippen molar-refractivity contribution in [2.75, 3.05) is 0 Å². The van der Waals surface area contributed by atoms with Crippen LogP contribution in [-0.2, 0) is 0 Å². The average molecular weight is 243 g/mol. The van der Waals surface area contributed by atoms with Crippen LogP contribution >= 0.6 is 0 Å². The molecule has 0 N–H and O–H groups in total. The number of rotatable bonds is 6. The van der Waals surface area contributed by atoms with Gasteiger partial charge in [0.25, 0.3) is 0 Å². The Balaban J connectivity index is 2.27. The van der Waals surface area contributed by atoms with Gasteiger partial charge in [-0.25, -0.2) is 0 Å². The molecule has 0 bridgehead atoms. The summed E-state index contributed by atoms with van der Waals surface area (Å²) >= 11 is -1.15. The predicted molar refractivity (Wildman–Crippen MR) is 64.0 cm³/mol. The molecule has 1 heteroatoms. The third-order valence-electron chi connectivity index (χ3n) is 3.68. The number of unbranched alkanes of at least 4 members (excludes halogenated alkanes) is 2. The Morgan fingerprint density at radius 1 is 1.00 bits per heavy atom. The first-order valence-corrected chi connectivity index (χ1v) is 12.2. The molecule has 0 unspecified atom stereocenters. The van der Waals surface area contributed by atoms with Crippen molar-refractivity contribution in [3.05, 3.63) is 0 Å². The maximum absolute atomic E-state index is 2.46. The van der Waals surface area contributed by atoms with Gasteiger partial charge in [-0.05, 0) is 0 Å². The summed E-state index contributed by atoms with van der Waals surface area (Å²) in [6, 6.07) is 0. The summed E-state index contributed by atoms with van der Waals surface area (Å²) in [5.41, 5.74) is 0. The van der Waals surface area contributed by atoms with E-state index in [4.69, 9.17) is 0 Å². The Kier molecular flexibility index (Phi) is 4.85. The fourth-order valence-corrected chi connectivity index (χ4v) is 15.9. The van der Waals surface area contributed by atoms with Gasteiger partial charge < -0.3 is 0 Å². The fraction of sp³-hybridized carbons (Fsp3) is 1.00. The van der Waals surface area contributed by atoms with Crippen molar-refractivity contribution in [1.82, 2.24) is 0 Å². The molecule has 1 saturated heterocycles. The zero-order valence-electron chi connectivity index (χ0n) is 9.73. The van der Waals surface area contributed by atoms with Gasteiger partial charge in [-0.3, -0.25) is 0 Å². The van der Waals surface area contributed by atoms with Gasteiger partial charge >= 0.3 is 86.7 Å². The third-order valence-corrected chi connectivity index (χ3v) is 16.2. The summed E-state index contributed by atoms with van der Waals surface area (Å²) < 4.78 is 0. The van der Waals surface area contributed by atoms with Gasteiger partial charge in [0, 0.05) is 0 Å². The summed E-state index contributed by atoms with van der Waals surface area (Å²) in [6.07, 6.45) is 5.92. The van der Waals surface area contributed by atoms with Crippen LogP contribution in [0.5, 0.6) is 0 Å². The first kappa shape index (κ1) is 11.6. The van der Waals surface area contributed by atoms with Crippen LogP contribution in [0.1, 0.15) is 46.5 Å². The Hall–Kier alpha value is 0.543. The van der Waals surface area contributed by atoms with E-state index in [1.54, 1.807) is 21.0 Å². The first-order chi connectivity index (χ1) is 6.22. The van der Waals surface area contributed by atoms with E-state index in [1.807, 2.05) is 0 Å². The van der Waals surface area contributed by atoms with Gasteiger partial charge in [0.2, 0.25) is 0 Å². The molecule has 0 aromatic heterocycles. The predicted octanol–water partition coefficient (Wildman–Crippen LogP) is 4.69. The van der Waals surface area contributed by atoms with E-state index < -0.39 is 13.3 Å².